The Morgan fingerprint density at radius 2 is 1.09 bits per heavy atom. The van der Waals surface area contributed by atoms with Crippen LogP contribution in [0.1, 0.15) is 11.1 Å². The molecule has 0 radical (unpaired) electrons. The molecule has 22 heavy (non-hydrogen) atoms. The lowest BCUT2D eigenvalue weighted by Crippen LogP contribution is -1.75. The van der Waals surface area contributed by atoms with Crippen LogP contribution in [0.4, 0.5) is 0 Å². The van der Waals surface area contributed by atoms with Gasteiger partial charge in [-0.2, -0.15) is 0 Å². The van der Waals surface area contributed by atoms with Gasteiger partial charge in [0.2, 0.25) is 0 Å². The largest absolute Gasteiger partial charge is 0.0897 e. The van der Waals surface area contributed by atoms with Crippen molar-refractivity contribution in [1.82, 2.24) is 0 Å². The van der Waals surface area contributed by atoms with Gasteiger partial charge in [-0.1, -0.05) is 105 Å². The number of halogens is 2. The molecule has 0 nitrogen and oxygen atoms in total. The minimum atomic E-state index is 0.791. The highest BCUT2D eigenvalue weighted by molar-refractivity contribution is 8.76. The Balaban J connectivity index is 1.66. The molecular weight excluding hydrogens is 351 g/mol. The summed E-state index contributed by atoms with van der Waals surface area (Å²) in [6, 6.07) is 15.7. The molecule has 2 aromatic rings. The Kier molecular flexibility index (Phi) is 8.03. The summed E-state index contributed by atoms with van der Waals surface area (Å²) in [4.78, 5) is 0. The molecule has 0 aliphatic carbocycles. The van der Waals surface area contributed by atoms with Crippen molar-refractivity contribution in [1.29, 1.82) is 0 Å². The number of benzene rings is 2. The average Bonchev–Trinajstić information content (AvgIpc) is 2.53. The first-order valence-electron chi connectivity index (χ1n) is 6.84. The van der Waals surface area contributed by atoms with Gasteiger partial charge in [0.15, 0.2) is 0 Å². The Morgan fingerprint density at radius 1 is 0.682 bits per heavy atom. The summed E-state index contributed by atoms with van der Waals surface area (Å²) in [7, 11) is 3.64. The highest BCUT2D eigenvalue weighted by Gasteiger charge is 1.94. The summed E-state index contributed by atoms with van der Waals surface area (Å²) in [6.07, 6.45) is 8.40. The third-order valence-corrected chi connectivity index (χ3v) is 5.65. The van der Waals surface area contributed by atoms with E-state index in [1.54, 1.807) is 0 Å². The normalized spacial score (nSPS) is 11.5. The highest BCUT2D eigenvalue weighted by atomic mass is 35.5. The third kappa shape index (κ3) is 6.13. The fourth-order valence-corrected chi connectivity index (χ4v) is 3.73. The van der Waals surface area contributed by atoms with E-state index in [0.29, 0.717) is 0 Å². The van der Waals surface area contributed by atoms with Crippen molar-refractivity contribution in [2.24, 2.45) is 0 Å². The molecule has 0 aromatic heterocycles. The van der Waals surface area contributed by atoms with Crippen molar-refractivity contribution < 1.29 is 0 Å². The second kappa shape index (κ2) is 10.1. The van der Waals surface area contributed by atoms with Gasteiger partial charge in [0.25, 0.3) is 0 Å². The van der Waals surface area contributed by atoms with E-state index in [9.17, 15) is 0 Å². The smallest absolute Gasteiger partial charge is 0.0478 e. The van der Waals surface area contributed by atoms with Gasteiger partial charge in [-0.15, -0.1) is 0 Å². The predicted octanol–water partition coefficient (Wildman–Crippen LogP) is 7.10. The van der Waals surface area contributed by atoms with Gasteiger partial charge < -0.3 is 0 Å². The van der Waals surface area contributed by atoms with Gasteiger partial charge in [-0.05, 0) is 23.3 Å². The topological polar surface area (TPSA) is 0 Å². The maximum atomic E-state index is 6.09. The maximum Gasteiger partial charge on any atom is 0.0478 e. The molecule has 0 unspecified atom stereocenters. The predicted molar refractivity (Wildman–Crippen MR) is 106 cm³/mol. The molecule has 0 atom stereocenters. The van der Waals surface area contributed by atoms with Crippen LogP contribution in [0.5, 0.6) is 0 Å². The molecule has 0 fully saturated rings. The summed E-state index contributed by atoms with van der Waals surface area (Å²) >= 11 is 12.2. The van der Waals surface area contributed by atoms with Crippen molar-refractivity contribution in [2.75, 3.05) is 11.5 Å². The molecule has 0 saturated heterocycles. The molecule has 2 aromatic carbocycles. The van der Waals surface area contributed by atoms with Crippen LogP contribution in [-0.2, 0) is 0 Å². The lowest BCUT2D eigenvalue weighted by atomic mass is 10.2. The van der Waals surface area contributed by atoms with Crippen molar-refractivity contribution >= 4 is 56.9 Å². The van der Waals surface area contributed by atoms with Crippen molar-refractivity contribution in [2.45, 2.75) is 0 Å². The first-order valence-corrected chi connectivity index (χ1v) is 10.1. The maximum absolute atomic E-state index is 6.09. The van der Waals surface area contributed by atoms with E-state index in [1.165, 1.54) is 0 Å². The monoisotopic (exact) mass is 366 g/mol. The van der Waals surface area contributed by atoms with Crippen LogP contribution >= 0.6 is 44.8 Å². The fourth-order valence-electron chi connectivity index (χ4n) is 1.75. The van der Waals surface area contributed by atoms with Crippen LogP contribution in [0.2, 0.25) is 10.0 Å². The van der Waals surface area contributed by atoms with E-state index in [0.717, 1.165) is 32.7 Å². The first kappa shape index (κ1) is 17.6. The number of hydrogen-bond donors (Lipinski definition) is 0. The van der Waals surface area contributed by atoms with Crippen molar-refractivity contribution in [3.05, 3.63) is 81.9 Å². The summed E-state index contributed by atoms with van der Waals surface area (Å²) in [5, 5.41) is 1.58. The molecule has 0 bridgehead atoms. The van der Waals surface area contributed by atoms with Gasteiger partial charge in [-0.3, -0.25) is 0 Å². The SMILES string of the molecule is Clc1ccccc1/C=C/CSSC/C=C/c1ccccc1Cl. The van der Waals surface area contributed by atoms with E-state index in [4.69, 9.17) is 23.2 Å². The quantitative estimate of drug-likeness (QED) is 0.378. The molecule has 0 amide bonds. The van der Waals surface area contributed by atoms with Crippen LogP contribution in [0, 0.1) is 0 Å². The molecule has 0 saturated carbocycles. The van der Waals surface area contributed by atoms with Crippen LogP contribution < -0.4 is 0 Å². The third-order valence-electron chi connectivity index (χ3n) is 2.82. The van der Waals surface area contributed by atoms with E-state index in [-0.39, 0.29) is 0 Å². The summed E-state index contributed by atoms with van der Waals surface area (Å²) < 4.78 is 0. The molecule has 0 aliphatic heterocycles. The Hall–Kier alpha value is -0.800. The first-order chi connectivity index (χ1) is 10.8. The molecular formula is C18H16Cl2S2. The van der Waals surface area contributed by atoms with Crippen LogP contribution in [0.25, 0.3) is 12.2 Å². The lowest BCUT2D eigenvalue weighted by molar-refractivity contribution is 1.64. The second-order valence-corrected chi connectivity index (χ2v) is 7.78. The van der Waals surface area contributed by atoms with E-state index in [1.807, 2.05) is 70.1 Å². The highest BCUT2D eigenvalue weighted by Crippen LogP contribution is 2.23. The zero-order chi connectivity index (χ0) is 15.6. The van der Waals surface area contributed by atoms with Crippen LogP contribution in [0.15, 0.2) is 60.7 Å². The molecule has 0 spiro atoms. The van der Waals surface area contributed by atoms with E-state index in [2.05, 4.69) is 24.3 Å². The van der Waals surface area contributed by atoms with Crippen LogP contribution in [-0.4, -0.2) is 11.5 Å². The van der Waals surface area contributed by atoms with Crippen LogP contribution in [0.3, 0.4) is 0 Å². The molecule has 2 rings (SSSR count). The molecule has 0 N–H and O–H groups in total. The molecule has 114 valence electrons. The van der Waals surface area contributed by atoms with Gasteiger partial charge in [0.1, 0.15) is 0 Å². The van der Waals surface area contributed by atoms with Gasteiger partial charge in [0, 0.05) is 21.6 Å². The minimum absolute atomic E-state index is 0.791. The summed E-state index contributed by atoms with van der Waals surface area (Å²) in [6.45, 7) is 0. The standard InChI is InChI=1S/C18H16Cl2S2/c19-17-11-3-1-7-15(17)9-5-13-21-22-14-6-10-16-8-2-4-12-18(16)20/h1-12H,13-14H2/b9-5+,10-6+. The number of hydrogen-bond acceptors (Lipinski definition) is 2. The van der Waals surface area contributed by atoms with Gasteiger partial charge in [0.05, 0.1) is 0 Å². The second-order valence-electron chi connectivity index (χ2n) is 4.42. The summed E-state index contributed by atoms with van der Waals surface area (Å²) in [5.74, 6) is 1.91. The zero-order valence-corrected chi connectivity index (χ0v) is 15.1. The average molecular weight is 367 g/mol. The number of rotatable bonds is 7. The zero-order valence-electron chi connectivity index (χ0n) is 11.9. The fraction of sp³-hybridized carbons (Fsp3) is 0.111. The summed E-state index contributed by atoms with van der Waals surface area (Å²) in [5.41, 5.74) is 2.13. The minimum Gasteiger partial charge on any atom is -0.0897 e. The Morgan fingerprint density at radius 3 is 1.50 bits per heavy atom. The Bertz CT molecular complexity index is 594. The molecule has 4 heteroatoms. The van der Waals surface area contributed by atoms with E-state index >= 15 is 0 Å². The van der Waals surface area contributed by atoms with Crippen molar-refractivity contribution in [3.8, 4) is 0 Å². The Labute approximate surface area is 150 Å². The van der Waals surface area contributed by atoms with Crippen molar-refractivity contribution in [3.63, 3.8) is 0 Å². The van der Waals surface area contributed by atoms with Gasteiger partial charge >= 0.3 is 0 Å². The van der Waals surface area contributed by atoms with Gasteiger partial charge in [-0.25, -0.2) is 0 Å². The molecule has 0 aliphatic rings. The van der Waals surface area contributed by atoms with E-state index < -0.39 is 0 Å². The lowest BCUT2D eigenvalue weighted by Gasteiger charge is -1.98. The molecule has 0 heterocycles.